The van der Waals surface area contributed by atoms with Crippen LogP contribution in [0, 0.1) is 0 Å². The lowest BCUT2D eigenvalue weighted by Crippen LogP contribution is -2.15. The van der Waals surface area contributed by atoms with Crippen LogP contribution in [0.2, 0.25) is 5.02 Å². The van der Waals surface area contributed by atoms with Crippen LogP contribution in [-0.4, -0.2) is 19.8 Å². The normalized spacial score (nSPS) is 12.0. The van der Waals surface area contributed by atoms with Gasteiger partial charge in [-0.25, -0.2) is 0 Å². The second-order valence-corrected chi connectivity index (χ2v) is 5.24. The molecule has 0 saturated carbocycles. The highest BCUT2D eigenvalue weighted by Gasteiger charge is 2.02. The number of halogens is 1. The van der Waals surface area contributed by atoms with E-state index in [1.165, 1.54) is 0 Å². The fourth-order valence-electron chi connectivity index (χ4n) is 1.65. The number of rotatable bonds is 8. The third kappa shape index (κ3) is 5.56. The number of benzene rings is 2. The molecular formula is C17H19ClO4. The van der Waals surface area contributed by atoms with Crippen LogP contribution in [0.15, 0.2) is 48.5 Å². The number of methoxy groups -OCH3 is 1. The molecule has 0 aliphatic heterocycles. The fraction of sp³-hybridized carbons (Fsp3) is 0.294. The smallest absolute Gasteiger partial charge is 0.165 e. The first-order valence-electron chi connectivity index (χ1n) is 6.97. The molecule has 4 nitrogen and oxygen atoms in total. The predicted molar refractivity (Wildman–Crippen MR) is 85.3 cm³/mol. The van der Waals surface area contributed by atoms with Gasteiger partial charge in [0.05, 0.1) is 6.10 Å². The van der Waals surface area contributed by atoms with Crippen molar-refractivity contribution in [3.8, 4) is 11.5 Å². The quantitative estimate of drug-likeness (QED) is 0.537. The minimum atomic E-state index is -0.0136. The van der Waals surface area contributed by atoms with Crippen LogP contribution in [0.4, 0.5) is 0 Å². The molecule has 0 aliphatic rings. The summed E-state index contributed by atoms with van der Waals surface area (Å²) in [6.07, 6.45) is -0.0136. The summed E-state index contributed by atoms with van der Waals surface area (Å²) in [5, 5.41) is 0.701. The molecule has 22 heavy (non-hydrogen) atoms. The number of hydrogen-bond acceptors (Lipinski definition) is 4. The molecule has 5 heteroatoms. The van der Waals surface area contributed by atoms with Gasteiger partial charge < -0.3 is 14.4 Å². The van der Waals surface area contributed by atoms with Crippen LogP contribution >= 0.6 is 11.6 Å². The summed E-state index contributed by atoms with van der Waals surface area (Å²) in [5.41, 5.74) is 1.02. The Morgan fingerprint density at radius 3 is 2.45 bits per heavy atom. The Balaban J connectivity index is 1.79. The molecule has 118 valence electrons. The third-order valence-corrected chi connectivity index (χ3v) is 3.21. The van der Waals surface area contributed by atoms with Gasteiger partial charge in [0.15, 0.2) is 5.75 Å². The molecule has 2 rings (SSSR count). The molecule has 2 aromatic carbocycles. The van der Waals surface area contributed by atoms with Crippen molar-refractivity contribution >= 4 is 11.6 Å². The maximum Gasteiger partial charge on any atom is 0.165 e. The van der Waals surface area contributed by atoms with Gasteiger partial charge in [-0.1, -0.05) is 23.7 Å². The fourth-order valence-corrected chi connectivity index (χ4v) is 1.86. The van der Waals surface area contributed by atoms with Gasteiger partial charge in [-0.2, -0.15) is 4.89 Å². The van der Waals surface area contributed by atoms with Crippen molar-refractivity contribution in [2.24, 2.45) is 0 Å². The maximum absolute atomic E-state index is 5.93. The molecule has 0 aromatic heterocycles. The zero-order valence-corrected chi connectivity index (χ0v) is 13.4. The summed E-state index contributed by atoms with van der Waals surface area (Å²) in [4.78, 5) is 10.2. The van der Waals surface area contributed by atoms with Crippen LogP contribution in [0.5, 0.6) is 11.5 Å². The van der Waals surface area contributed by atoms with Gasteiger partial charge in [-0.05, 0) is 48.9 Å². The molecule has 0 heterocycles. The van der Waals surface area contributed by atoms with Crippen molar-refractivity contribution in [2.45, 2.75) is 19.6 Å². The predicted octanol–water partition coefficient (Wildman–Crippen LogP) is 4.26. The van der Waals surface area contributed by atoms with Crippen molar-refractivity contribution in [2.75, 3.05) is 13.7 Å². The zero-order valence-electron chi connectivity index (χ0n) is 12.6. The Morgan fingerprint density at radius 1 is 1.05 bits per heavy atom. The van der Waals surface area contributed by atoms with Gasteiger partial charge in [0.25, 0.3) is 0 Å². The highest BCUT2D eigenvalue weighted by molar-refractivity contribution is 6.30. The van der Waals surface area contributed by atoms with E-state index in [9.17, 15) is 0 Å². The molecule has 0 fully saturated rings. The summed E-state index contributed by atoms with van der Waals surface area (Å²) >= 11 is 5.93. The molecule has 2 aromatic rings. The van der Waals surface area contributed by atoms with Gasteiger partial charge in [0.1, 0.15) is 19.0 Å². The molecule has 0 saturated heterocycles. The average Bonchev–Trinajstić information content (AvgIpc) is 2.54. The topological polar surface area (TPSA) is 36.9 Å². The van der Waals surface area contributed by atoms with E-state index in [0.717, 1.165) is 11.3 Å². The third-order valence-electron chi connectivity index (χ3n) is 2.98. The molecule has 0 amide bonds. The first kappa shape index (κ1) is 16.6. The highest BCUT2D eigenvalue weighted by atomic mass is 35.5. The van der Waals surface area contributed by atoms with Gasteiger partial charge in [0, 0.05) is 12.1 Å². The van der Waals surface area contributed by atoms with Crippen LogP contribution in [0.3, 0.4) is 0 Å². The van der Waals surface area contributed by atoms with Crippen LogP contribution in [0.1, 0.15) is 12.5 Å². The maximum atomic E-state index is 5.93. The minimum absolute atomic E-state index is 0.0136. The SMILES string of the molecule is COC(C)COOc1ccc(OCc2cccc(Cl)c2)cc1. The van der Waals surface area contributed by atoms with E-state index in [1.54, 1.807) is 19.2 Å². The van der Waals surface area contributed by atoms with Gasteiger partial charge in [-0.3, -0.25) is 0 Å². The van der Waals surface area contributed by atoms with Crippen molar-refractivity contribution in [1.82, 2.24) is 0 Å². The van der Waals surface area contributed by atoms with Gasteiger partial charge in [-0.15, -0.1) is 0 Å². The monoisotopic (exact) mass is 322 g/mol. The Kier molecular flexibility index (Phi) is 6.52. The second kappa shape index (κ2) is 8.63. The van der Waals surface area contributed by atoms with E-state index in [0.29, 0.717) is 24.0 Å². The number of hydrogen-bond donors (Lipinski definition) is 0. The lowest BCUT2D eigenvalue weighted by atomic mass is 10.2. The molecule has 0 aliphatic carbocycles. The summed E-state index contributed by atoms with van der Waals surface area (Å²) < 4.78 is 10.7. The van der Waals surface area contributed by atoms with Crippen LogP contribution in [-0.2, 0) is 16.2 Å². The Labute approximate surface area is 135 Å². The molecule has 0 radical (unpaired) electrons. The molecule has 1 unspecified atom stereocenters. The summed E-state index contributed by atoms with van der Waals surface area (Å²) in [5.74, 6) is 1.36. The van der Waals surface area contributed by atoms with E-state index in [-0.39, 0.29) is 6.10 Å². The summed E-state index contributed by atoms with van der Waals surface area (Å²) in [6, 6.07) is 14.8. The Morgan fingerprint density at radius 2 is 1.77 bits per heavy atom. The average molecular weight is 323 g/mol. The first-order valence-corrected chi connectivity index (χ1v) is 7.35. The highest BCUT2D eigenvalue weighted by Crippen LogP contribution is 2.19. The second-order valence-electron chi connectivity index (χ2n) is 4.80. The van der Waals surface area contributed by atoms with E-state index in [2.05, 4.69) is 0 Å². The zero-order chi connectivity index (χ0) is 15.8. The minimum Gasteiger partial charge on any atom is -0.489 e. The summed E-state index contributed by atoms with van der Waals surface area (Å²) in [7, 11) is 1.63. The van der Waals surface area contributed by atoms with Crippen molar-refractivity contribution in [1.29, 1.82) is 0 Å². The van der Waals surface area contributed by atoms with Gasteiger partial charge >= 0.3 is 0 Å². The number of ether oxygens (including phenoxy) is 2. The van der Waals surface area contributed by atoms with E-state index < -0.39 is 0 Å². The van der Waals surface area contributed by atoms with Crippen molar-refractivity contribution in [3.63, 3.8) is 0 Å². The Bertz CT molecular complexity index is 571. The lowest BCUT2D eigenvalue weighted by molar-refractivity contribution is -0.224. The van der Waals surface area contributed by atoms with E-state index in [1.807, 2.05) is 43.3 Å². The Hall–Kier alpha value is -1.75. The first-order chi connectivity index (χ1) is 10.7. The molecule has 0 N–H and O–H groups in total. The largest absolute Gasteiger partial charge is 0.489 e. The molecular weight excluding hydrogens is 304 g/mol. The lowest BCUT2D eigenvalue weighted by Gasteiger charge is -2.10. The van der Waals surface area contributed by atoms with Gasteiger partial charge in [0.2, 0.25) is 0 Å². The van der Waals surface area contributed by atoms with E-state index >= 15 is 0 Å². The van der Waals surface area contributed by atoms with Crippen LogP contribution < -0.4 is 9.62 Å². The molecule has 0 spiro atoms. The van der Waals surface area contributed by atoms with Crippen molar-refractivity contribution in [3.05, 3.63) is 59.1 Å². The molecule has 0 bridgehead atoms. The summed E-state index contributed by atoms with van der Waals surface area (Å²) in [6.45, 7) is 2.72. The van der Waals surface area contributed by atoms with Crippen molar-refractivity contribution < 1.29 is 19.2 Å². The molecule has 1 atom stereocenters. The van der Waals surface area contributed by atoms with E-state index in [4.69, 9.17) is 30.8 Å². The van der Waals surface area contributed by atoms with Crippen LogP contribution in [0.25, 0.3) is 0 Å². The standard InChI is InChI=1S/C17H19ClO4/c1-13(19-2)11-21-22-17-8-6-16(7-9-17)20-12-14-4-3-5-15(18)10-14/h3-10,13H,11-12H2,1-2H3.